The second kappa shape index (κ2) is 8.61. The van der Waals surface area contributed by atoms with Crippen molar-refractivity contribution < 1.29 is 13.6 Å². The van der Waals surface area contributed by atoms with Crippen LogP contribution in [0, 0.1) is 5.82 Å². The molecule has 5 nitrogen and oxygen atoms in total. The third-order valence-corrected chi connectivity index (χ3v) is 4.61. The van der Waals surface area contributed by atoms with Crippen LogP contribution in [-0.2, 0) is 11.3 Å². The molecule has 0 N–H and O–H groups in total. The van der Waals surface area contributed by atoms with Crippen LogP contribution in [0.2, 0.25) is 0 Å². The number of carbonyl (C=O) groups is 1. The van der Waals surface area contributed by atoms with Crippen LogP contribution in [0.3, 0.4) is 0 Å². The molecule has 6 heteroatoms. The van der Waals surface area contributed by atoms with Crippen molar-refractivity contribution in [3.63, 3.8) is 0 Å². The molecule has 4 aromatic rings. The molecule has 0 radical (unpaired) electrons. The fraction of sp³-hybridized carbons (Fsp3) is 0.0833. The van der Waals surface area contributed by atoms with E-state index in [1.54, 1.807) is 59.2 Å². The van der Waals surface area contributed by atoms with E-state index in [1.165, 1.54) is 12.1 Å². The molecule has 0 aliphatic heterocycles. The van der Waals surface area contributed by atoms with E-state index in [0.29, 0.717) is 23.6 Å². The van der Waals surface area contributed by atoms with E-state index < -0.39 is 0 Å². The fourth-order valence-corrected chi connectivity index (χ4v) is 3.04. The Hall–Kier alpha value is -3.93. The summed E-state index contributed by atoms with van der Waals surface area (Å²) in [6.45, 7) is 0.425. The second-order valence-corrected chi connectivity index (χ2v) is 6.84. The SMILES string of the molecule is CN(Cc1cnn(-c2ccccc2)c1)C(=O)/C=C/c1ccc(-c2ccccc2F)o1. The van der Waals surface area contributed by atoms with Crippen LogP contribution in [0.15, 0.2) is 89.6 Å². The number of para-hydroxylation sites is 1. The molecular formula is C24H20FN3O2. The van der Waals surface area contributed by atoms with Gasteiger partial charge in [0.05, 0.1) is 17.4 Å². The third kappa shape index (κ3) is 4.38. The average molecular weight is 401 g/mol. The van der Waals surface area contributed by atoms with Crippen LogP contribution >= 0.6 is 0 Å². The maximum atomic E-state index is 13.9. The molecule has 150 valence electrons. The zero-order chi connectivity index (χ0) is 20.9. The standard InChI is InChI=1S/C24H20FN3O2/c1-27(16-18-15-26-28(17-18)19-7-3-2-4-8-19)24(29)14-12-20-11-13-23(30-20)21-9-5-6-10-22(21)25/h2-15,17H,16H2,1H3/b14-12+. The van der Waals surface area contributed by atoms with Crippen molar-refractivity contribution in [3.05, 3.63) is 102 Å². The summed E-state index contributed by atoms with van der Waals surface area (Å²) in [6.07, 6.45) is 6.66. The van der Waals surface area contributed by atoms with Crippen LogP contribution in [0.5, 0.6) is 0 Å². The lowest BCUT2D eigenvalue weighted by Gasteiger charge is -2.13. The number of amides is 1. The van der Waals surface area contributed by atoms with E-state index in [1.807, 2.05) is 36.5 Å². The third-order valence-electron chi connectivity index (χ3n) is 4.61. The molecule has 30 heavy (non-hydrogen) atoms. The Balaban J connectivity index is 1.39. The Morgan fingerprint density at radius 1 is 1.10 bits per heavy atom. The summed E-state index contributed by atoms with van der Waals surface area (Å²) in [5.74, 6) is 0.370. The number of halogens is 1. The molecule has 2 heterocycles. The number of furan rings is 1. The Labute approximate surface area is 173 Å². The van der Waals surface area contributed by atoms with E-state index in [4.69, 9.17) is 4.42 Å². The minimum absolute atomic E-state index is 0.175. The van der Waals surface area contributed by atoms with Crippen molar-refractivity contribution in [3.8, 4) is 17.0 Å². The lowest BCUT2D eigenvalue weighted by Crippen LogP contribution is -2.23. The Morgan fingerprint density at radius 3 is 2.67 bits per heavy atom. The van der Waals surface area contributed by atoms with Crippen LogP contribution < -0.4 is 0 Å². The van der Waals surface area contributed by atoms with Gasteiger partial charge in [0.2, 0.25) is 5.91 Å². The van der Waals surface area contributed by atoms with E-state index in [-0.39, 0.29) is 11.7 Å². The summed E-state index contributed by atoms with van der Waals surface area (Å²) in [6, 6.07) is 19.6. The Kier molecular flexibility index (Phi) is 5.57. The first-order chi connectivity index (χ1) is 14.6. The van der Waals surface area contributed by atoms with Crippen molar-refractivity contribution in [2.24, 2.45) is 0 Å². The van der Waals surface area contributed by atoms with Gasteiger partial charge in [0, 0.05) is 31.4 Å². The number of rotatable bonds is 6. The number of carbonyl (C=O) groups excluding carboxylic acids is 1. The smallest absolute Gasteiger partial charge is 0.246 e. The molecule has 0 fully saturated rings. The number of benzene rings is 2. The van der Waals surface area contributed by atoms with Crippen LogP contribution in [0.4, 0.5) is 4.39 Å². The van der Waals surface area contributed by atoms with Crippen LogP contribution in [-0.4, -0.2) is 27.6 Å². The monoisotopic (exact) mass is 401 g/mol. The van der Waals surface area contributed by atoms with Gasteiger partial charge < -0.3 is 9.32 Å². The number of hydrogen-bond donors (Lipinski definition) is 0. The highest BCUT2D eigenvalue weighted by atomic mass is 19.1. The van der Waals surface area contributed by atoms with Crippen LogP contribution in [0.1, 0.15) is 11.3 Å². The average Bonchev–Trinajstić information content (AvgIpc) is 3.43. The zero-order valence-electron chi connectivity index (χ0n) is 16.4. The molecule has 4 rings (SSSR count). The molecule has 2 aromatic heterocycles. The summed E-state index contributed by atoms with van der Waals surface area (Å²) in [4.78, 5) is 14.0. The van der Waals surface area contributed by atoms with Crippen molar-refractivity contribution in [1.29, 1.82) is 0 Å². The highest BCUT2D eigenvalue weighted by molar-refractivity contribution is 5.91. The maximum Gasteiger partial charge on any atom is 0.246 e. The van der Waals surface area contributed by atoms with E-state index in [9.17, 15) is 9.18 Å². The molecule has 2 aromatic carbocycles. The van der Waals surface area contributed by atoms with Crippen molar-refractivity contribution >= 4 is 12.0 Å². The normalized spacial score (nSPS) is 11.1. The molecule has 0 unspecified atom stereocenters. The number of aromatic nitrogens is 2. The van der Waals surface area contributed by atoms with Gasteiger partial charge in [-0.05, 0) is 42.5 Å². The molecule has 0 bridgehead atoms. The summed E-state index contributed by atoms with van der Waals surface area (Å²) < 4.78 is 21.3. The number of likely N-dealkylation sites (N-methyl/N-ethyl adjacent to an activating group) is 1. The minimum atomic E-state index is -0.353. The van der Waals surface area contributed by atoms with Gasteiger partial charge in [-0.25, -0.2) is 9.07 Å². The van der Waals surface area contributed by atoms with E-state index in [0.717, 1.165) is 11.3 Å². The van der Waals surface area contributed by atoms with E-state index >= 15 is 0 Å². The topological polar surface area (TPSA) is 51.3 Å². The largest absolute Gasteiger partial charge is 0.457 e. The van der Waals surface area contributed by atoms with Gasteiger partial charge in [-0.2, -0.15) is 5.10 Å². The predicted molar refractivity (Wildman–Crippen MR) is 113 cm³/mol. The highest BCUT2D eigenvalue weighted by Crippen LogP contribution is 2.25. The van der Waals surface area contributed by atoms with Crippen molar-refractivity contribution in [2.45, 2.75) is 6.54 Å². The van der Waals surface area contributed by atoms with Crippen molar-refractivity contribution in [1.82, 2.24) is 14.7 Å². The van der Waals surface area contributed by atoms with Gasteiger partial charge in [-0.1, -0.05) is 30.3 Å². The van der Waals surface area contributed by atoms with Gasteiger partial charge >= 0.3 is 0 Å². The van der Waals surface area contributed by atoms with Gasteiger partial charge in [-0.3, -0.25) is 4.79 Å². The minimum Gasteiger partial charge on any atom is -0.457 e. The van der Waals surface area contributed by atoms with Gasteiger partial charge in [-0.15, -0.1) is 0 Å². The second-order valence-electron chi connectivity index (χ2n) is 6.84. The lowest BCUT2D eigenvalue weighted by molar-refractivity contribution is -0.125. The zero-order valence-corrected chi connectivity index (χ0v) is 16.4. The summed E-state index contributed by atoms with van der Waals surface area (Å²) in [7, 11) is 1.72. The molecule has 0 saturated heterocycles. The summed E-state index contributed by atoms with van der Waals surface area (Å²) in [5.41, 5.74) is 2.26. The molecule has 0 atom stereocenters. The Bertz CT molecular complexity index is 1180. The summed E-state index contributed by atoms with van der Waals surface area (Å²) in [5, 5.41) is 4.35. The maximum absolute atomic E-state index is 13.9. The first-order valence-electron chi connectivity index (χ1n) is 9.47. The van der Waals surface area contributed by atoms with Crippen LogP contribution in [0.25, 0.3) is 23.1 Å². The quantitative estimate of drug-likeness (QED) is 0.430. The van der Waals surface area contributed by atoms with Gasteiger partial charge in [0.15, 0.2) is 0 Å². The first kappa shape index (κ1) is 19.4. The molecule has 0 saturated carbocycles. The van der Waals surface area contributed by atoms with Gasteiger partial charge in [0.25, 0.3) is 0 Å². The molecule has 0 aliphatic carbocycles. The fourth-order valence-electron chi connectivity index (χ4n) is 3.04. The first-order valence-corrected chi connectivity index (χ1v) is 9.47. The molecule has 1 amide bonds. The highest BCUT2D eigenvalue weighted by Gasteiger charge is 2.10. The van der Waals surface area contributed by atoms with Crippen molar-refractivity contribution in [2.75, 3.05) is 7.05 Å². The molecular weight excluding hydrogens is 381 g/mol. The summed E-state index contributed by atoms with van der Waals surface area (Å²) >= 11 is 0. The molecule has 0 spiro atoms. The number of hydrogen-bond acceptors (Lipinski definition) is 3. The Morgan fingerprint density at radius 2 is 1.87 bits per heavy atom. The van der Waals surface area contributed by atoms with E-state index in [2.05, 4.69) is 5.10 Å². The lowest BCUT2D eigenvalue weighted by atomic mass is 10.1. The molecule has 0 aliphatic rings. The predicted octanol–water partition coefficient (Wildman–Crippen LogP) is 4.94. The number of nitrogens with zero attached hydrogens (tertiary/aromatic N) is 3. The van der Waals surface area contributed by atoms with Gasteiger partial charge in [0.1, 0.15) is 17.3 Å².